The summed E-state index contributed by atoms with van der Waals surface area (Å²) in [5.41, 5.74) is 2.03. The summed E-state index contributed by atoms with van der Waals surface area (Å²) in [6.45, 7) is 0. The first-order valence-corrected chi connectivity index (χ1v) is 8.52. The van der Waals surface area contributed by atoms with Gasteiger partial charge in [-0.05, 0) is 35.9 Å². The molecule has 0 spiro atoms. The van der Waals surface area contributed by atoms with Crippen molar-refractivity contribution in [3.05, 3.63) is 65.4 Å². The second kappa shape index (κ2) is 5.55. The minimum Gasteiger partial charge on any atom is -0.378 e. The minimum absolute atomic E-state index is 0.0186. The predicted molar refractivity (Wildman–Crippen MR) is 89.8 cm³/mol. The number of Topliss-reactive ketones (excluding diaryl/α,β-unsaturated/α-hetero) is 1. The van der Waals surface area contributed by atoms with Crippen LogP contribution in [-0.4, -0.2) is 28.3 Å². The third-order valence-corrected chi connectivity index (χ3v) is 5.05. The van der Waals surface area contributed by atoms with E-state index >= 15 is 0 Å². The molecule has 118 valence electrons. The molecule has 0 bridgehead atoms. The van der Waals surface area contributed by atoms with Crippen LogP contribution >= 0.6 is 0 Å². The van der Waals surface area contributed by atoms with Crippen molar-refractivity contribution in [3.63, 3.8) is 0 Å². The number of nitrogens with one attached hydrogen (secondary N) is 1. The van der Waals surface area contributed by atoms with Crippen molar-refractivity contribution in [2.24, 2.45) is 0 Å². The molecule has 5 nitrogen and oxygen atoms in total. The number of benzene rings is 2. The lowest BCUT2D eigenvalue weighted by Gasteiger charge is -2.19. The number of hydrogen-bond acceptors (Lipinski definition) is 4. The monoisotopic (exact) mass is 328 g/mol. The van der Waals surface area contributed by atoms with Crippen LogP contribution in [0, 0.1) is 0 Å². The van der Waals surface area contributed by atoms with E-state index in [9.17, 15) is 13.2 Å². The van der Waals surface area contributed by atoms with Gasteiger partial charge in [-0.3, -0.25) is 9.52 Å². The Balaban J connectivity index is 2.03. The van der Waals surface area contributed by atoms with Gasteiger partial charge in [0.15, 0.2) is 0 Å². The van der Waals surface area contributed by atoms with Gasteiger partial charge in [0.25, 0.3) is 10.0 Å². The highest BCUT2D eigenvalue weighted by Gasteiger charge is 2.31. The SMILES string of the molecule is CN(C)c1ccc(C=C2NS(=O)(=O)c3ccccc3C2=O)cc1. The first kappa shape index (κ1) is 15.3. The van der Waals surface area contributed by atoms with E-state index in [1.165, 1.54) is 12.1 Å². The summed E-state index contributed by atoms with van der Waals surface area (Å²) in [6.07, 6.45) is 1.55. The molecule has 1 aliphatic heterocycles. The fourth-order valence-corrected chi connectivity index (χ4v) is 3.67. The zero-order valence-electron chi connectivity index (χ0n) is 12.8. The van der Waals surface area contributed by atoms with Crippen LogP contribution in [0.25, 0.3) is 6.08 Å². The Morgan fingerprint density at radius 3 is 2.30 bits per heavy atom. The molecule has 0 atom stereocenters. The topological polar surface area (TPSA) is 66.5 Å². The molecule has 0 aromatic heterocycles. The van der Waals surface area contributed by atoms with Gasteiger partial charge in [-0.25, -0.2) is 8.42 Å². The van der Waals surface area contributed by atoms with E-state index < -0.39 is 10.0 Å². The van der Waals surface area contributed by atoms with Crippen molar-refractivity contribution >= 4 is 27.6 Å². The van der Waals surface area contributed by atoms with E-state index in [0.717, 1.165) is 11.3 Å². The van der Waals surface area contributed by atoms with Crippen molar-refractivity contribution in [1.29, 1.82) is 0 Å². The Hall–Kier alpha value is -2.60. The Morgan fingerprint density at radius 1 is 1.00 bits per heavy atom. The standard InChI is InChI=1S/C17H16N2O3S/c1-19(2)13-9-7-12(8-10-13)11-15-17(20)14-5-3-4-6-16(14)23(21,22)18-15/h3-11,18H,1-2H3. The molecule has 6 heteroatoms. The number of nitrogens with zero attached hydrogens (tertiary/aromatic N) is 1. The lowest BCUT2D eigenvalue weighted by atomic mass is 10.1. The Morgan fingerprint density at radius 2 is 1.65 bits per heavy atom. The van der Waals surface area contributed by atoms with Gasteiger partial charge < -0.3 is 4.90 Å². The van der Waals surface area contributed by atoms with Crippen LogP contribution in [0.1, 0.15) is 15.9 Å². The molecular weight excluding hydrogens is 312 g/mol. The molecule has 0 saturated heterocycles. The number of anilines is 1. The van der Waals surface area contributed by atoms with Crippen LogP contribution in [0.15, 0.2) is 59.1 Å². The number of carbonyl (C=O) groups excluding carboxylic acids is 1. The van der Waals surface area contributed by atoms with Gasteiger partial charge in [-0.15, -0.1) is 0 Å². The van der Waals surface area contributed by atoms with Gasteiger partial charge in [0.05, 0.1) is 10.6 Å². The summed E-state index contributed by atoms with van der Waals surface area (Å²) in [6, 6.07) is 13.7. The Kier molecular flexibility index (Phi) is 3.69. The van der Waals surface area contributed by atoms with E-state index in [1.807, 2.05) is 43.3 Å². The lowest BCUT2D eigenvalue weighted by Crippen LogP contribution is -2.34. The molecule has 23 heavy (non-hydrogen) atoms. The molecule has 2 aromatic carbocycles. The number of carbonyl (C=O) groups is 1. The minimum atomic E-state index is -3.71. The van der Waals surface area contributed by atoms with E-state index in [2.05, 4.69) is 4.72 Å². The van der Waals surface area contributed by atoms with Crippen molar-refractivity contribution in [1.82, 2.24) is 4.72 Å². The molecule has 0 fully saturated rings. The van der Waals surface area contributed by atoms with Crippen LogP contribution in [0.2, 0.25) is 0 Å². The fraction of sp³-hybridized carbons (Fsp3) is 0.118. The maximum absolute atomic E-state index is 12.5. The predicted octanol–water partition coefficient (Wildman–Crippen LogP) is 2.27. The number of fused-ring (bicyclic) bond motifs is 1. The first-order valence-electron chi connectivity index (χ1n) is 7.04. The van der Waals surface area contributed by atoms with E-state index in [4.69, 9.17) is 0 Å². The smallest absolute Gasteiger partial charge is 0.262 e. The van der Waals surface area contributed by atoms with Gasteiger partial charge in [0.1, 0.15) is 0 Å². The van der Waals surface area contributed by atoms with Gasteiger partial charge in [-0.2, -0.15) is 0 Å². The summed E-state index contributed by atoms with van der Waals surface area (Å²) < 4.78 is 26.9. The second-order valence-electron chi connectivity index (χ2n) is 5.47. The average molecular weight is 328 g/mol. The van der Waals surface area contributed by atoms with Gasteiger partial charge in [-0.1, -0.05) is 24.3 Å². The third-order valence-electron chi connectivity index (χ3n) is 3.63. The Bertz CT molecular complexity index is 898. The first-order chi connectivity index (χ1) is 10.9. The lowest BCUT2D eigenvalue weighted by molar-refractivity contribution is 0.102. The highest BCUT2D eigenvalue weighted by atomic mass is 32.2. The maximum Gasteiger partial charge on any atom is 0.262 e. The zero-order chi connectivity index (χ0) is 16.6. The molecule has 1 heterocycles. The van der Waals surface area contributed by atoms with Gasteiger partial charge in [0, 0.05) is 25.3 Å². The highest BCUT2D eigenvalue weighted by molar-refractivity contribution is 7.90. The number of rotatable bonds is 2. The maximum atomic E-state index is 12.5. The summed E-state index contributed by atoms with van der Waals surface area (Å²) in [4.78, 5) is 14.5. The van der Waals surface area contributed by atoms with Crippen LogP contribution in [0.3, 0.4) is 0 Å². The summed E-state index contributed by atoms with van der Waals surface area (Å²) in [7, 11) is 0.154. The molecule has 0 radical (unpaired) electrons. The van der Waals surface area contributed by atoms with Gasteiger partial charge >= 0.3 is 0 Å². The summed E-state index contributed by atoms with van der Waals surface area (Å²) in [5, 5.41) is 0. The molecular formula is C17H16N2O3S. The summed E-state index contributed by atoms with van der Waals surface area (Å²) >= 11 is 0. The Labute approximate surface area is 135 Å². The van der Waals surface area contributed by atoms with Crippen LogP contribution in [0.4, 0.5) is 5.69 Å². The molecule has 0 amide bonds. The molecule has 0 unspecified atom stereocenters. The molecule has 2 aromatic rings. The summed E-state index contributed by atoms with van der Waals surface area (Å²) in [5.74, 6) is -0.327. The molecule has 0 aliphatic carbocycles. The van der Waals surface area contributed by atoms with Crippen molar-refractivity contribution in [2.75, 3.05) is 19.0 Å². The second-order valence-corrected chi connectivity index (χ2v) is 7.13. The molecule has 1 N–H and O–H groups in total. The average Bonchev–Trinajstić information content (AvgIpc) is 2.53. The normalized spacial score (nSPS) is 17.5. The van der Waals surface area contributed by atoms with E-state index in [-0.39, 0.29) is 21.9 Å². The third kappa shape index (κ3) is 2.85. The number of hydrogen-bond donors (Lipinski definition) is 1. The van der Waals surface area contributed by atoms with E-state index in [1.54, 1.807) is 18.2 Å². The van der Waals surface area contributed by atoms with Gasteiger partial charge in [0.2, 0.25) is 5.78 Å². The van der Waals surface area contributed by atoms with Crippen molar-refractivity contribution in [3.8, 4) is 0 Å². The molecule has 1 aliphatic rings. The zero-order valence-corrected chi connectivity index (χ0v) is 13.6. The largest absolute Gasteiger partial charge is 0.378 e. The molecule has 0 saturated carbocycles. The van der Waals surface area contributed by atoms with E-state index in [0.29, 0.717) is 0 Å². The number of ketones is 1. The van der Waals surface area contributed by atoms with Crippen LogP contribution in [0.5, 0.6) is 0 Å². The quantitative estimate of drug-likeness (QED) is 0.859. The van der Waals surface area contributed by atoms with Crippen molar-refractivity contribution in [2.45, 2.75) is 4.90 Å². The fourth-order valence-electron chi connectivity index (χ4n) is 2.41. The van der Waals surface area contributed by atoms with Crippen LogP contribution < -0.4 is 9.62 Å². The number of sulfonamides is 1. The van der Waals surface area contributed by atoms with Crippen molar-refractivity contribution < 1.29 is 13.2 Å². The molecule has 3 rings (SSSR count). The van der Waals surface area contributed by atoms with Crippen LogP contribution in [-0.2, 0) is 10.0 Å². The highest BCUT2D eigenvalue weighted by Crippen LogP contribution is 2.25. The number of allylic oxidation sites excluding steroid dienone is 1.